The molecular formula is C31H35N7O. The van der Waals surface area contributed by atoms with Crippen LogP contribution >= 0.6 is 0 Å². The summed E-state index contributed by atoms with van der Waals surface area (Å²) in [6.07, 6.45) is 5.36. The molecule has 0 amide bonds. The number of nitrogens with one attached hydrogen (secondary N) is 1. The summed E-state index contributed by atoms with van der Waals surface area (Å²) < 4.78 is 2.40. The summed E-state index contributed by atoms with van der Waals surface area (Å²) in [5, 5.41) is 25.0. The fourth-order valence-electron chi connectivity index (χ4n) is 5.85. The van der Waals surface area contributed by atoms with Gasteiger partial charge >= 0.3 is 0 Å². The number of aryl methyl sites for hydroxylation is 4. The van der Waals surface area contributed by atoms with Crippen molar-refractivity contribution in [3.63, 3.8) is 0 Å². The van der Waals surface area contributed by atoms with E-state index >= 15 is 0 Å². The summed E-state index contributed by atoms with van der Waals surface area (Å²) in [5.41, 5.74) is 9.31. The van der Waals surface area contributed by atoms with Crippen molar-refractivity contribution < 1.29 is 5.11 Å². The SMILES string of the molecule is CCCc1nc2c(C)cc(CCC(C)(C)O)nc2n1[C@H]1CCc2cc(-c3ccccc3-c3nn[nH]n3)ccc21. The molecule has 0 unspecified atom stereocenters. The molecular weight excluding hydrogens is 486 g/mol. The number of aromatic nitrogens is 7. The van der Waals surface area contributed by atoms with Gasteiger partial charge in [-0.05, 0) is 92.0 Å². The number of pyridine rings is 1. The summed E-state index contributed by atoms with van der Waals surface area (Å²) in [6.45, 7) is 8.04. The van der Waals surface area contributed by atoms with Gasteiger partial charge < -0.3 is 9.67 Å². The monoisotopic (exact) mass is 521 g/mol. The smallest absolute Gasteiger partial charge is 0.205 e. The third-order valence-corrected chi connectivity index (χ3v) is 7.76. The first-order valence-corrected chi connectivity index (χ1v) is 13.9. The molecule has 3 aromatic heterocycles. The summed E-state index contributed by atoms with van der Waals surface area (Å²) in [5.74, 6) is 1.70. The Balaban J connectivity index is 1.41. The number of hydrogen-bond donors (Lipinski definition) is 2. The minimum absolute atomic E-state index is 0.199. The van der Waals surface area contributed by atoms with Crippen LogP contribution in [-0.2, 0) is 19.3 Å². The van der Waals surface area contributed by atoms with Crippen LogP contribution in [0.3, 0.4) is 0 Å². The van der Waals surface area contributed by atoms with Crippen LogP contribution in [0, 0.1) is 6.92 Å². The second kappa shape index (κ2) is 10.0. The minimum Gasteiger partial charge on any atom is -0.390 e. The number of benzene rings is 2. The van der Waals surface area contributed by atoms with Gasteiger partial charge in [-0.25, -0.2) is 9.97 Å². The van der Waals surface area contributed by atoms with Crippen LogP contribution in [-0.4, -0.2) is 45.9 Å². The van der Waals surface area contributed by atoms with Gasteiger partial charge in [0.2, 0.25) is 5.82 Å². The van der Waals surface area contributed by atoms with Crippen LogP contribution in [0.15, 0.2) is 48.5 Å². The third-order valence-electron chi connectivity index (χ3n) is 7.76. The Hall–Kier alpha value is -3.91. The fourth-order valence-corrected chi connectivity index (χ4v) is 5.85. The van der Waals surface area contributed by atoms with Gasteiger partial charge in [0.25, 0.3) is 0 Å². The highest BCUT2D eigenvalue weighted by molar-refractivity contribution is 5.81. The Morgan fingerprint density at radius 1 is 1.05 bits per heavy atom. The number of rotatable bonds is 8. The molecule has 0 bridgehead atoms. The van der Waals surface area contributed by atoms with E-state index in [-0.39, 0.29) is 6.04 Å². The quantitative estimate of drug-likeness (QED) is 0.268. The molecule has 8 nitrogen and oxygen atoms in total. The molecule has 5 aromatic rings. The Labute approximate surface area is 228 Å². The van der Waals surface area contributed by atoms with E-state index in [1.807, 2.05) is 32.0 Å². The number of H-pyrrole nitrogens is 1. The first kappa shape index (κ1) is 25.4. The van der Waals surface area contributed by atoms with Gasteiger partial charge in [-0.1, -0.05) is 49.4 Å². The molecule has 0 aliphatic heterocycles. The van der Waals surface area contributed by atoms with E-state index in [1.165, 1.54) is 11.1 Å². The maximum Gasteiger partial charge on any atom is 0.205 e. The Kier molecular flexibility index (Phi) is 6.51. The standard InChI is InChI=1S/C31H35N7O/c1-5-8-27-33-28-19(2)17-22(15-16-31(3,4)39)32-30(28)38(27)26-14-12-21-18-20(11-13-24(21)26)23-9-6-7-10-25(23)29-34-36-37-35-29/h6-7,9-11,13,17-18,26,39H,5,8,12,14-16H2,1-4H3,(H,34,35,36,37)/t26-/m0/s1. The molecule has 0 radical (unpaired) electrons. The van der Waals surface area contributed by atoms with Crippen molar-refractivity contribution in [1.29, 1.82) is 0 Å². The number of fused-ring (bicyclic) bond motifs is 2. The number of tetrazole rings is 1. The highest BCUT2D eigenvalue weighted by atomic mass is 16.3. The number of nitrogens with zero attached hydrogens (tertiary/aromatic N) is 6. The molecule has 0 fully saturated rings. The van der Waals surface area contributed by atoms with E-state index in [1.54, 1.807) is 0 Å². The van der Waals surface area contributed by atoms with E-state index in [0.29, 0.717) is 12.2 Å². The molecule has 200 valence electrons. The van der Waals surface area contributed by atoms with Crippen molar-refractivity contribution in [3.05, 3.63) is 76.7 Å². The van der Waals surface area contributed by atoms with Crippen LogP contribution in [0.5, 0.6) is 0 Å². The highest BCUT2D eigenvalue weighted by Gasteiger charge is 2.29. The molecule has 2 N–H and O–H groups in total. The van der Waals surface area contributed by atoms with E-state index < -0.39 is 5.60 Å². The zero-order chi connectivity index (χ0) is 27.1. The Morgan fingerprint density at radius 2 is 1.87 bits per heavy atom. The lowest BCUT2D eigenvalue weighted by Crippen LogP contribution is -2.19. The number of aromatic amines is 1. The van der Waals surface area contributed by atoms with Crippen LogP contribution in [0.2, 0.25) is 0 Å². The van der Waals surface area contributed by atoms with Crippen molar-refractivity contribution in [2.75, 3.05) is 0 Å². The van der Waals surface area contributed by atoms with E-state index in [0.717, 1.165) is 77.0 Å². The van der Waals surface area contributed by atoms with E-state index in [4.69, 9.17) is 9.97 Å². The van der Waals surface area contributed by atoms with Gasteiger partial charge in [-0.15, -0.1) is 10.2 Å². The fraction of sp³-hybridized carbons (Fsp3) is 0.387. The number of imidazole rings is 1. The second-order valence-corrected chi connectivity index (χ2v) is 11.3. The maximum absolute atomic E-state index is 10.3. The van der Waals surface area contributed by atoms with Gasteiger partial charge in [0.15, 0.2) is 5.65 Å². The van der Waals surface area contributed by atoms with Crippen LogP contribution in [0.4, 0.5) is 0 Å². The Morgan fingerprint density at radius 3 is 2.62 bits per heavy atom. The predicted molar refractivity (Wildman–Crippen MR) is 152 cm³/mol. The molecule has 6 rings (SSSR count). The van der Waals surface area contributed by atoms with E-state index in [9.17, 15) is 5.11 Å². The third kappa shape index (κ3) is 4.85. The molecule has 0 saturated heterocycles. The topological polar surface area (TPSA) is 105 Å². The summed E-state index contributed by atoms with van der Waals surface area (Å²) in [7, 11) is 0. The Bertz CT molecular complexity index is 1630. The van der Waals surface area contributed by atoms with Crippen molar-refractivity contribution in [2.45, 2.75) is 77.9 Å². The summed E-state index contributed by atoms with van der Waals surface area (Å²) in [6, 6.07) is 17.3. The average Bonchev–Trinajstić information content (AvgIpc) is 3.66. The highest BCUT2D eigenvalue weighted by Crippen LogP contribution is 2.40. The van der Waals surface area contributed by atoms with Gasteiger partial charge in [0.1, 0.15) is 11.3 Å². The van der Waals surface area contributed by atoms with Gasteiger partial charge in [0, 0.05) is 17.7 Å². The molecule has 8 heteroatoms. The molecule has 3 heterocycles. The van der Waals surface area contributed by atoms with Crippen LogP contribution in [0.25, 0.3) is 33.7 Å². The van der Waals surface area contributed by atoms with Crippen molar-refractivity contribution in [2.24, 2.45) is 0 Å². The summed E-state index contributed by atoms with van der Waals surface area (Å²) in [4.78, 5) is 10.2. The molecule has 39 heavy (non-hydrogen) atoms. The predicted octanol–water partition coefficient (Wildman–Crippen LogP) is 5.78. The molecule has 2 aromatic carbocycles. The van der Waals surface area contributed by atoms with Crippen LogP contribution in [0.1, 0.15) is 74.3 Å². The average molecular weight is 522 g/mol. The molecule has 1 atom stereocenters. The lowest BCUT2D eigenvalue weighted by molar-refractivity contribution is 0.0711. The summed E-state index contributed by atoms with van der Waals surface area (Å²) >= 11 is 0. The van der Waals surface area contributed by atoms with Crippen LogP contribution < -0.4 is 0 Å². The normalized spacial score (nSPS) is 15.3. The molecule has 0 saturated carbocycles. The van der Waals surface area contributed by atoms with Gasteiger partial charge in [-0.3, -0.25) is 0 Å². The first-order chi connectivity index (χ1) is 18.8. The zero-order valence-corrected chi connectivity index (χ0v) is 23.1. The largest absolute Gasteiger partial charge is 0.390 e. The van der Waals surface area contributed by atoms with Crippen molar-refractivity contribution in [1.82, 2.24) is 35.2 Å². The lowest BCUT2D eigenvalue weighted by Gasteiger charge is -2.19. The van der Waals surface area contributed by atoms with Crippen molar-refractivity contribution in [3.8, 4) is 22.5 Å². The maximum atomic E-state index is 10.3. The van der Waals surface area contributed by atoms with Crippen molar-refractivity contribution >= 4 is 11.2 Å². The molecule has 0 spiro atoms. The number of hydrogen-bond acceptors (Lipinski definition) is 6. The lowest BCUT2D eigenvalue weighted by atomic mass is 9.96. The second-order valence-electron chi connectivity index (χ2n) is 11.3. The first-order valence-electron chi connectivity index (χ1n) is 13.9. The minimum atomic E-state index is -0.720. The molecule has 1 aliphatic rings. The zero-order valence-electron chi connectivity index (χ0n) is 23.1. The number of aliphatic hydroxyl groups is 1. The van der Waals surface area contributed by atoms with Gasteiger partial charge in [0.05, 0.1) is 11.6 Å². The van der Waals surface area contributed by atoms with E-state index in [2.05, 4.69) is 69.4 Å². The van der Waals surface area contributed by atoms with Gasteiger partial charge in [-0.2, -0.15) is 5.21 Å². The molecule has 1 aliphatic carbocycles.